The lowest BCUT2D eigenvalue weighted by atomic mass is 10.5. The van der Waals surface area contributed by atoms with Crippen LogP contribution in [-0.4, -0.2) is 22.6 Å². The maximum absolute atomic E-state index is 10.3. The molecule has 1 aromatic rings. The molecule has 0 aliphatic rings. The van der Waals surface area contributed by atoms with Crippen molar-refractivity contribution < 1.29 is 14.3 Å². The highest BCUT2D eigenvalue weighted by Gasteiger charge is 2.09. The second-order valence-electron chi connectivity index (χ2n) is 2.22. The molecule has 0 atom stereocenters. The van der Waals surface area contributed by atoms with Crippen LogP contribution in [0, 0.1) is 0 Å². The first-order valence-electron chi connectivity index (χ1n) is 3.62. The van der Waals surface area contributed by atoms with E-state index in [1.54, 1.807) is 0 Å². The van der Waals surface area contributed by atoms with Gasteiger partial charge in [0, 0.05) is 0 Å². The van der Waals surface area contributed by atoms with Crippen molar-refractivity contribution in [3.05, 3.63) is 17.8 Å². The van der Waals surface area contributed by atoms with Crippen LogP contribution in [0.25, 0.3) is 0 Å². The Morgan fingerprint density at radius 2 is 2.58 bits per heavy atom. The SMILES string of the molecule is CCNCc1cnc(C(=O)O)o1. The Balaban J connectivity index is 2.58. The highest BCUT2D eigenvalue weighted by atomic mass is 16.4. The molecule has 0 saturated carbocycles. The molecule has 0 fully saturated rings. The highest BCUT2D eigenvalue weighted by Crippen LogP contribution is 2.02. The molecule has 5 heteroatoms. The molecule has 1 aromatic heterocycles. The van der Waals surface area contributed by atoms with Gasteiger partial charge in [0.2, 0.25) is 0 Å². The number of aromatic nitrogens is 1. The molecule has 12 heavy (non-hydrogen) atoms. The Hall–Kier alpha value is -1.36. The van der Waals surface area contributed by atoms with Crippen LogP contribution in [0.4, 0.5) is 0 Å². The van der Waals surface area contributed by atoms with Crippen LogP contribution in [0.2, 0.25) is 0 Å². The van der Waals surface area contributed by atoms with E-state index in [2.05, 4.69) is 10.3 Å². The van der Waals surface area contributed by atoms with Gasteiger partial charge in [-0.1, -0.05) is 6.92 Å². The second kappa shape index (κ2) is 3.87. The van der Waals surface area contributed by atoms with Gasteiger partial charge in [-0.05, 0) is 6.54 Å². The molecular formula is C7H10N2O3. The summed E-state index contributed by atoms with van der Waals surface area (Å²) in [6, 6.07) is 0. The maximum atomic E-state index is 10.3. The van der Waals surface area contributed by atoms with Gasteiger partial charge in [-0.3, -0.25) is 0 Å². The van der Waals surface area contributed by atoms with Crippen LogP contribution >= 0.6 is 0 Å². The normalized spacial score (nSPS) is 10.1. The lowest BCUT2D eigenvalue weighted by molar-refractivity contribution is 0.0651. The Morgan fingerprint density at radius 3 is 3.08 bits per heavy atom. The average molecular weight is 170 g/mol. The fraction of sp³-hybridized carbons (Fsp3) is 0.429. The van der Waals surface area contributed by atoms with Gasteiger partial charge < -0.3 is 14.8 Å². The fourth-order valence-electron chi connectivity index (χ4n) is 0.736. The molecule has 5 nitrogen and oxygen atoms in total. The van der Waals surface area contributed by atoms with Crippen LogP contribution in [0.1, 0.15) is 23.4 Å². The number of rotatable bonds is 4. The summed E-state index contributed by atoms with van der Waals surface area (Å²) in [5.41, 5.74) is 0. The summed E-state index contributed by atoms with van der Waals surface area (Å²) in [4.78, 5) is 13.9. The Bertz CT molecular complexity index is 269. The molecule has 0 unspecified atom stereocenters. The minimum Gasteiger partial charge on any atom is -0.474 e. The third kappa shape index (κ3) is 2.06. The smallest absolute Gasteiger partial charge is 0.392 e. The number of oxazole rings is 1. The van der Waals surface area contributed by atoms with Crippen LogP contribution in [0.5, 0.6) is 0 Å². The van der Waals surface area contributed by atoms with Crippen molar-refractivity contribution in [2.24, 2.45) is 0 Å². The summed E-state index contributed by atoms with van der Waals surface area (Å²) in [5.74, 6) is -0.866. The van der Waals surface area contributed by atoms with Crippen molar-refractivity contribution in [3.8, 4) is 0 Å². The van der Waals surface area contributed by atoms with E-state index in [4.69, 9.17) is 9.52 Å². The first-order valence-corrected chi connectivity index (χ1v) is 3.62. The van der Waals surface area contributed by atoms with Crippen molar-refractivity contribution >= 4 is 5.97 Å². The molecule has 2 N–H and O–H groups in total. The molecule has 0 aliphatic heterocycles. The summed E-state index contributed by atoms with van der Waals surface area (Å²) in [7, 11) is 0. The third-order valence-corrected chi connectivity index (χ3v) is 1.29. The third-order valence-electron chi connectivity index (χ3n) is 1.29. The number of carbonyl (C=O) groups is 1. The molecule has 0 amide bonds. The molecule has 0 radical (unpaired) electrons. The number of hydrogen-bond acceptors (Lipinski definition) is 4. The van der Waals surface area contributed by atoms with Crippen molar-refractivity contribution in [3.63, 3.8) is 0 Å². The zero-order valence-corrected chi connectivity index (χ0v) is 6.70. The summed E-state index contributed by atoms with van der Waals surface area (Å²) in [6.45, 7) is 3.27. The van der Waals surface area contributed by atoms with E-state index < -0.39 is 5.97 Å². The number of nitrogens with zero attached hydrogens (tertiary/aromatic N) is 1. The predicted molar refractivity (Wildman–Crippen MR) is 40.8 cm³/mol. The van der Waals surface area contributed by atoms with Gasteiger partial charge in [-0.2, -0.15) is 0 Å². The average Bonchev–Trinajstić information content (AvgIpc) is 2.48. The van der Waals surface area contributed by atoms with Crippen molar-refractivity contribution in [2.45, 2.75) is 13.5 Å². The standard InChI is InChI=1S/C7H10N2O3/c1-2-8-3-5-4-9-6(12-5)7(10)11/h4,8H,2-3H2,1H3,(H,10,11). The summed E-state index contributed by atoms with van der Waals surface area (Å²) < 4.78 is 4.87. The highest BCUT2D eigenvalue weighted by molar-refractivity contribution is 5.81. The van der Waals surface area contributed by atoms with Crippen molar-refractivity contribution in [1.29, 1.82) is 0 Å². The first-order chi connectivity index (χ1) is 5.74. The second-order valence-corrected chi connectivity index (χ2v) is 2.22. The molecule has 1 heterocycles. The van der Waals surface area contributed by atoms with Crippen molar-refractivity contribution in [1.82, 2.24) is 10.3 Å². The quantitative estimate of drug-likeness (QED) is 0.687. The Morgan fingerprint density at radius 1 is 1.83 bits per heavy atom. The largest absolute Gasteiger partial charge is 0.474 e. The topological polar surface area (TPSA) is 75.4 Å². The van der Waals surface area contributed by atoms with E-state index in [1.807, 2.05) is 6.92 Å². The van der Waals surface area contributed by atoms with E-state index in [-0.39, 0.29) is 5.89 Å². The van der Waals surface area contributed by atoms with Gasteiger partial charge in [0.15, 0.2) is 0 Å². The minimum atomic E-state index is -1.14. The molecule has 0 saturated heterocycles. The Kier molecular flexibility index (Phi) is 2.82. The summed E-state index contributed by atoms with van der Waals surface area (Å²) in [6.07, 6.45) is 1.41. The van der Waals surface area contributed by atoms with E-state index in [0.29, 0.717) is 12.3 Å². The molecule has 0 spiro atoms. The molecule has 0 aliphatic carbocycles. The molecule has 0 aromatic carbocycles. The van der Waals surface area contributed by atoms with E-state index in [0.717, 1.165) is 6.54 Å². The molecular weight excluding hydrogens is 160 g/mol. The summed E-state index contributed by atoms with van der Waals surface area (Å²) >= 11 is 0. The first kappa shape index (κ1) is 8.73. The van der Waals surface area contributed by atoms with Crippen LogP contribution in [0.15, 0.2) is 10.6 Å². The monoisotopic (exact) mass is 170 g/mol. The fourth-order valence-corrected chi connectivity index (χ4v) is 0.736. The number of aromatic carboxylic acids is 1. The number of carboxylic acid groups (broad SMARTS) is 1. The number of carboxylic acids is 1. The minimum absolute atomic E-state index is 0.261. The zero-order valence-electron chi connectivity index (χ0n) is 6.70. The maximum Gasteiger partial charge on any atom is 0.392 e. The van der Waals surface area contributed by atoms with Gasteiger partial charge in [0.1, 0.15) is 5.76 Å². The molecule has 66 valence electrons. The van der Waals surface area contributed by atoms with E-state index >= 15 is 0 Å². The van der Waals surface area contributed by atoms with Gasteiger partial charge >= 0.3 is 11.9 Å². The lowest BCUT2D eigenvalue weighted by Gasteiger charge is -1.94. The van der Waals surface area contributed by atoms with E-state index in [9.17, 15) is 4.79 Å². The predicted octanol–water partition coefficient (Wildman–Crippen LogP) is 0.482. The number of hydrogen-bond donors (Lipinski definition) is 2. The van der Waals surface area contributed by atoms with Crippen LogP contribution < -0.4 is 5.32 Å². The number of nitrogens with one attached hydrogen (secondary N) is 1. The van der Waals surface area contributed by atoms with Gasteiger partial charge in [-0.15, -0.1) is 0 Å². The van der Waals surface area contributed by atoms with Crippen LogP contribution in [-0.2, 0) is 6.54 Å². The Labute approximate surface area is 69.4 Å². The van der Waals surface area contributed by atoms with E-state index in [1.165, 1.54) is 6.20 Å². The lowest BCUT2D eigenvalue weighted by Crippen LogP contribution is -2.10. The van der Waals surface area contributed by atoms with Crippen molar-refractivity contribution in [2.75, 3.05) is 6.54 Å². The molecule has 1 rings (SSSR count). The van der Waals surface area contributed by atoms with Crippen LogP contribution in [0.3, 0.4) is 0 Å². The van der Waals surface area contributed by atoms with Gasteiger partial charge in [-0.25, -0.2) is 9.78 Å². The van der Waals surface area contributed by atoms with Gasteiger partial charge in [0.05, 0.1) is 12.7 Å². The zero-order chi connectivity index (χ0) is 8.97. The summed E-state index contributed by atoms with van der Waals surface area (Å²) in [5, 5.41) is 11.4. The molecule has 0 bridgehead atoms. The van der Waals surface area contributed by atoms with Gasteiger partial charge in [0.25, 0.3) is 0 Å².